The van der Waals surface area contributed by atoms with Crippen molar-refractivity contribution in [2.45, 2.75) is 70.5 Å². The number of piperidine rings is 1. The summed E-state index contributed by atoms with van der Waals surface area (Å²) in [5, 5.41) is 6.81. The summed E-state index contributed by atoms with van der Waals surface area (Å²) < 4.78 is 0. The Morgan fingerprint density at radius 1 is 1.17 bits per heavy atom. The van der Waals surface area contributed by atoms with Gasteiger partial charge in [0.05, 0.1) is 0 Å². The van der Waals surface area contributed by atoms with Crippen molar-refractivity contribution < 1.29 is 4.79 Å². The fourth-order valence-corrected chi connectivity index (χ4v) is 3.93. The van der Waals surface area contributed by atoms with Gasteiger partial charge in [-0.25, -0.2) is 0 Å². The van der Waals surface area contributed by atoms with Gasteiger partial charge in [-0.15, -0.1) is 24.8 Å². The maximum atomic E-state index is 12.2. The van der Waals surface area contributed by atoms with E-state index in [0.29, 0.717) is 30.0 Å². The highest BCUT2D eigenvalue weighted by molar-refractivity contribution is 5.85. The summed E-state index contributed by atoms with van der Waals surface area (Å²) in [4.78, 5) is 14.4. The zero-order chi connectivity index (χ0) is 15.4. The molecule has 23 heavy (non-hydrogen) atoms. The molecule has 2 bridgehead atoms. The van der Waals surface area contributed by atoms with E-state index < -0.39 is 0 Å². The van der Waals surface area contributed by atoms with Crippen molar-refractivity contribution in [2.75, 3.05) is 20.6 Å². The molecule has 0 radical (unpaired) electrons. The molecule has 3 unspecified atom stereocenters. The minimum Gasteiger partial charge on any atom is -0.355 e. The first-order valence-electron chi connectivity index (χ1n) is 8.63. The Kier molecular flexibility index (Phi) is 10.7. The van der Waals surface area contributed by atoms with Gasteiger partial charge in [0.15, 0.2) is 0 Å². The van der Waals surface area contributed by atoms with Crippen LogP contribution in [-0.4, -0.2) is 49.6 Å². The van der Waals surface area contributed by atoms with Crippen LogP contribution < -0.4 is 10.6 Å². The van der Waals surface area contributed by atoms with E-state index in [0.717, 1.165) is 19.4 Å². The number of amides is 1. The van der Waals surface area contributed by atoms with Crippen molar-refractivity contribution in [3.05, 3.63) is 0 Å². The molecule has 2 rings (SSSR count). The van der Waals surface area contributed by atoms with Crippen molar-refractivity contribution in [1.29, 1.82) is 0 Å². The summed E-state index contributed by atoms with van der Waals surface area (Å²) >= 11 is 0. The molecule has 4 nitrogen and oxygen atoms in total. The van der Waals surface area contributed by atoms with Crippen LogP contribution in [-0.2, 0) is 4.79 Å². The van der Waals surface area contributed by atoms with Gasteiger partial charge in [-0.05, 0) is 58.0 Å². The zero-order valence-corrected chi connectivity index (χ0v) is 16.6. The van der Waals surface area contributed by atoms with E-state index >= 15 is 0 Å². The Morgan fingerprint density at radius 3 is 2.22 bits per heavy atom. The minimum atomic E-state index is 0. The highest BCUT2D eigenvalue weighted by Gasteiger charge is 2.34. The first kappa shape index (κ1) is 23.0. The van der Waals surface area contributed by atoms with Gasteiger partial charge in [0.25, 0.3) is 0 Å². The van der Waals surface area contributed by atoms with Gasteiger partial charge in [0.1, 0.15) is 0 Å². The van der Waals surface area contributed by atoms with Gasteiger partial charge in [-0.1, -0.05) is 13.8 Å². The molecule has 0 spiro atoms. The molecule has 0 aromatic rings. The number of hydrogen-bond acceptors (Lipinski definition) is 3. The molecule has 0 aromatic carbocycles. The Morgan fingerprint density at radius 2 is 1.74 bits per heavy atom. The monoisotopic (exact) mass is 367 g/mol. The molecule has 2 aliphatic rings. The number of hydrogen-bond donors (Lipinski definition) is 2. The second-order valence-corrected chi connectivity index (χ2v) is 7.73. The van der Waals surface area contributed by atoms with Crippen LogP contribution in [0.15, 0.2) is 0 Å². The molecule has 2 aliphatic heterocycles. The molecule has 2 N–H and O–H groups in total. The van der Waals surface area contributed by atoms with Crippen LogP contribution in [0.25, 0.3) is 0 Å². The van der Waals surface area contributed by atoms with Crippen LogP contribution in [0.3, 0.4) is 0 Å². The first-order valence-corrected chi connectivity index (χ1v) is 8.63. The second-order valence-electron chi connectivity index (χ2n) is 7.73. The Balaban J connectivity index is 0.00000242. The molecule has 3 atom stereocenters. The van der Waals surface area contributed by atoms with Crippen LogP contribution in [0.1, 0.15) is 52.4 Å². The number of halogens is 2. The van der Waals surface area contributed by atoms with Gasteiger partial charge in [-0.3, -0.25) is 4.79 Å². The molecule has 2 heterocycles. The summed E-state index contributed by atoms with van der Waals surface area (Å²) in [6.07, 6.45) is 6.83. The van der Waals surface area contributed by atoms with E-state index in [4.69, 9.17) is 0 Å². The summed E-state index contributed by atoms with van der Waals surface area (Å²) in [6, 6.07) is 1.80. The standard InChI is InChI=1S/C17H33N3O.2ClH/c1-12(2)7-16(20(3)4)11-18-17(21)10-13-8-14-5-6-15(9-13)19-14;;/h12-16,19H,5-11H2,1-4H3,(H,18,21);2*1H. The number of nitrogens with zero attached hydrogens (tertiary/aromatic N) is 1. The average molecular weight is 368 g/mol. The van der Waals surface area contributed by atoms with E-state index in [9.17, 15) is 4.79 Å². The van der Waals surface area contributed by atoms with E-state index in [1.165, 1.54) is 25.7 Å². The van der Waals surface area contributed by atoms with E-state index in [-0.39, 0.29) is 30.7 Å². The summed E-state index contributed by atoms with van der Waals surface area (Å²) in [7, 11) is 4.20. The second kappa shape index (κ2) is 10.8. The maximum absolute atomic E-state index is 12.2. The lowest BCUT2D eigenvalue weighted by atomic mass is 9.89. The summed E-state index contributed by atoms with van der Waals surface area (Å²) in [5.74, 6) is 1.50. The third-order valence-corrected chi connectivity index (χ3v) is 5.05. The lowest BCUT2D eigenvalue weighted by Gasteiger charge is -2.29. The first-order chi connectivity index (χ1) is 9.94. The normalized spacial score (nSPS) is 27.3. The third-order valence-electron chi connectivity index (χ3n) is 5.05. The Labute approximate surface area is 154 Å². The highest BCUT2D eigenvalue weighted by atomic mass is 35.5. The minimum absolute atomic E-state index is 0. The lowest BCUT2D eigenvalue weighted by molar-refractivity contribution is -0.122. The molecule has 6 heteroatoms. The molecule has 0 saturated carbocycles. The fourth-order valence-electron chi connectivity index (χ4n) is 3.93. The van der Waals surface area contributed by atoms with Gasteiger partial charge in [-0.2, -0.15) is 0 Å². The Bertz CT molecular complexity index is 341. The van der Waals surface area contributed by atoms with E-state index in [2.05, 4.69) is 43.5 Å². The number of fused-ring (bicyclic) bond motifs is 2. The van der Waals surface area contributed by atoms with Gasteiger partial charge in [0, 0.05) is 31.1 Å². The topological polar surface area (TPSA) is 44.4 Å². The highest BCUT2D eigenvalue weighted by Crippen LogP contribution is 2.32. The molecule has 2 fully saturated rings. The maximum Gasteiger partial charge on any atom is 0.220 e. The van der Waals surface area contributed by atoms with Gasteiger partial charge in [0.2, 0.25) is 5.91 Å². The predicted octanol–water partition coefficient (Wildman–Crippen LogP) is 2.84. The quantitative estimate of drug-likeness (QED) is 0.726. The third kappa shape index (κ3) is 7.59. The number of carbonyl (C=O) groups is 1. The lowest BCUT2D eigenvalue weighted by Crippen LogP contribution is -2.43. The average Bonchev–Trinajstić information content (AvgIpc) is 2.73. The largest absolute Gasteiger partial charge is 0.355 e. The summed E-state index contributed by atoms with van der Waals surface area (Å²) in [6.45, 7) is 5.26. The van der Waals surface area contributed by atoms with E-state index in [1.54, 1.807) is 0 Å². The van der Waals surface area contributed by atoms with Crippen molar-refractivity contribution >= 4 is 30.7 Å². The van der Waals surface area contributed by atoms with Crippen LogP contribution in [0.5, 0.6) is 0 Å². The Hall–Kier alpha value is -0.0300. The smallest absolute Gasteiger partial charge is 0.220 e. The fraction of sp³-hybridized carbons (Fsp3) is 0.941. The number of nitrogens with one attached hydrogen (secondary N) is 2. The van der Waals surface area contributed by atoms with Crippen LogP contribution in [0.2, 0.25) is 0 Å². The van der Waals surface area contributed by atoms with E-state index in [1.807, 2.05) is 0 Å². The van der Waals surface area contributed by atoms with Crippen LogP contribution in [0, 0.1) is 11.8 Å². The van der Waals surface area contributed by atoms with Crippen molar-refractivity contribution in [3.63, 3.8) is 0 Å². The molecule has 2 saturated heterocycles. The van der Waals surface area contributed by atoms with Gasteiger partial charge < -0.3 is 15.5 Å². The van der Waals surface area contributed by atoms with Crippen LogP contribution in [0.4, 0.5) is 0 Å². The van der Waals surface area contributed by atoms with Gasteiger partial charge >= 0.3 is 0 Å². The number of rotatable bonds is 7. The van der Waals surface area contributed by atoms with Crippen molar-refractivity contribution in [2.24, 2.45) is 11.8 Å². The molecule has 0 aromatic heterocycles. The zero-order valence-electron chi connectivity index (χ0n) is 15.0. The molecule has 138 valence electrons. The number of carbonyl (C=O) groups excluding carboxylic acids is 1. The number of likely N-dealkylation sites (N-methyl/N-ethyl adjacent to an activating group) is 1. The SMILES string of the molecule is CC(C)CC(CNC(=O)CC1CC2CCC(C1)N2)N(C)C.Cl.Cl. The van der Waals surface area contributed by atoms with Crippen molar-refractivity contribution in [1.82, 2.24) is 15.5 Å². The predicted molar refractivity (Wildman–Crippen MR) is 102 cm³/mol. The molecule has 0 aliphatic carbocycles. The molecular weight excluding hydrogens is 333 g/mol. The summed E-state index contributed by atoms with van der Waals surface area (Å²) in [5.41, 5.74) is 0. The molecule has 1 amide bonds. The van der Waals surface area contributed by atoms with Crippen LogP contribution >= 0.6 is 24.8 Å². The van der Waals surface area contributed by atoms with Crippen molar-refractivity contribution in [3.8, 4) is 0 Å². The molecular formula is C17H35Cl2N3O.